The Morgan fingerprint density at radius 3 is 2.67 bits per heavy atom. The van der Waals surface area contributed by atoms with E-state index in [-0.39, 0.29) is 24.4 Å². The van der Waals surface area contributed by atoms with Crippen molar-refractivity contribution in [2.45, 2.75) is 67.9 Å². The lowest BCUT2D eigenvalue weighted by Crippen LogP contribution is -2.53. The molecule has 4 heterocycles. The SMILES string of the molecule is CCCCN1CC=C[C@]23S[C@]4(C)/C=C\CCCCOC(=O)[C@@H]4[C@H]2C(=O)N(CCCO)C3C1=O. The molecule has 5 atom stereocenters. The molecular formula is C25H36N2O5S. The van der Waals surface area contributed by atoms with Gasteiger partial charge in [-0.3, -0.25) is 14.4 Å². The lowest BCUT2D eigenvalue weighted by Gasteiger charge is -2.37. The van der Waals surface area contributed by atoms with Gasteiger partial charge in [0.2, 0.25) is 11.8 Å². The lowest BCUT2D eigenvalue weighted by atomic mass is 9.74. The van der Waals surface area contributed by atoms with Crippen LogP contribution in [0.25, 0.3) is 0 Å². The molecular weight excluding hydrogens is 440 g/mol. The van der Waals surface area contributed by atoms with E-state index >= 15 is 0 Å². The van der Waals surface area contributed by atoms with Crippen LogP contribution in [-0.4, -0.2) is 81.1 Å². The molecule has 4 aliphatic heterocycles. The number of carbonyl (C=O) groups excluding carboxylic acids is 3. The summed E-state index contributed by atoms with van der Waals surface area (Å²) in [7, 11) is 0. The number of rotatable bonds is 6. The Kier molecular flexibility index (Phi) is 7.24. The molecule has 2 amide bonds. The van der Waals surface area contributed by atoms with Gasteiger partial charge in [0.25, 0.3) is 0 Å². The summed E-state index contributed by atoms with van der Waals surface area (Å²) < 4.78 is 4.19. The molecule has 0 aromatic rings. The van der Waals surface area contributed by atoms with E-state index in [0.29, 0.717) is 32.7 Å². The molecule has 0 aromatic heterocycles. The summed E-state index contributed by atoms with van der Waals surface area (Å²) in [5.41, 5.74) is 0. The molecule has 7 nitrogen and oxygen atoms in total. The maximum Gasteiger partial charge on any atom is 0.311 e. The maximum atomic E-state index is 13.9. The molecule has 1 unspecified atom stereocenters. The number of aliphatic hydroxyl groups excluding tert-OH is 1. The van der Waals surface area contributed by atoms with Crippen molar-refractivity contribution in [3.05, 3.63) is 24.3 Å². The van der Waals surface area contributed by atoms with Gasteiger partial charge in [-0.15, -0.1) is 11.8 Å². The molecule has 1 spiro atoms. The Morgan fingerprint density at radius 2 is 1.91 bits per heavy atom. The summed E-state index contributed by atoms with van der Waals surface area (Å²) in [5, 5.41) is 9.46. The Bertz CT molecular complexity index is 845. The first kappa shape index (κ1) is 24.3. The Balaban J connectivity index is 1.81. The van der Waals surface area contributed by atoms with E-state index in [9.17, 15) is 19.5 Å². The van der Waals surface area contributed by atoms with Gasteiger partial charge in [-0.25, -0.2) is 0 Å². The van der Waals surface area contributed by atoms with Crippen LogP contribution in [0.5, 0.6) is 0 Å². The summed E-state index contributed by atoms with van der Waals surface area (Å²) in [4.78, 5) is 44.7. The number of hydrogen-bond donors (Lipinski definition) is 1. The number of allylic oxidation sites excluding steroid dienone is 1. The number of unbranched alkanes of at least 4 members (excludes halogenated alkanes) is 1. The fourth-order valence-corrected chi connectivity index (χ4v) is 8.03. The smallest absolute Gasteiger partial charge is 0.311 e. The van der Waals surface area contributed by atoms with E-state index in [2.05, 4.69) is 19.1 Å². The second-order valence-corrected chi connectivity index (χ2v) is 11.5. The number of carbonyl (C=O) groups is 3. The fourth-order valence-electron chi connectivity index (χ4n) is 5.88. The molecule has 0 aliphatic carbocycles. The molecule has 0 saturated carbocycles. The number of nitrogens with zero attached hydrogens (tertiary/aromatic N) is 2. The first-order chi connectivity index (χ1) is 15.9. The Hall–Kier alpha value is -1.80. The summed E-state index contributed by atoms with van der Waals surface area (Å²) in [6, 6.07) is -0.683. The summed E-state index contributed by atoms with van der Waals surface area (Å²) in [6.07, 6.45) is 13.2. The summed E-state index contributed by atoms with van der Waals surface area (Å²) in [5.74, 6) is -1.90. The van der Waals surface area contributed by atoms with Crippen LogP contribution < -0.4 is 0 Å². The average Bonchev–Trinajstić information content (AvgIpc) is 3.11. The maximum absolute atomic E-state index is 13.9. The van der Waals surface area contributed by atoms with Crippen LogP contribution in [0.4, 0.5) is 0 Å². The number of likely N-dealkylation sites (tertiary alicyclic amines) is 1. The molecule has 0 bridgehead atoms. The van der Waals surface area contributed by atoms with Crippen molar-refractivity contribution in [2.24, 2.45) is 11.8 Å². The van der Waals surface area contributed by atoms with Crippen LogP contribution in [0.15, 0.2) is 24.3 Å². The highest BCUT2D eigenvalue weighted by Gasteiger charge is 2.73. The van der Waals surface area contributed by atoms with Crippen molar-refractivity contribution >= 4 is 29.5 Å². The molecule has 2 fully saturated rings. The van der Waals surface area contributed by atoms with Gasteiger partial charge in [0.05, 0.1) is 23.2 Å². The quantitative estimate of drug-likeness (QED) is 0.468. The van der Waals surface area contributed by atoms with Gasteiger partial charge in [-0.05, 0) is 39.0 Å². The zero-order chi connectivity index (χ0) is 23.6. The largest absolute Gasteiger partial charge is 0.465 e. The fraction of sp³-hybridized carbons (Fsp3) is 0.720. The summed E-state index contributed by atoms with van der Waals surface area (Å²) >= 11 is 1.58. The standard InChI is InChI=1S/C25H36N2O5S/c1-3-4-13-26-14-9-12-25-18(21(29)27(15-10-16-28)20(25)22(26)30)19-23(31)32-17-8-6-5-7-11-24(19,2)33-25/h7,9,11-12,18-20,28H,3-6,8,10,13-17H2,1-2H3/b11-7-/t18-,19-,20?,24+,25-/m0/s1. The number of amides is 2. The minimum Gasteiger partial charge on any atom is -0.465 e. The average molecular weight is 477 g/mol. The van der Waals surface area contributed by atoms with Crippen molar-refractivity contribution in [3.63, 3.8) is 0 Å². The van der Waals surface area contributed by atoms with E-state index in [1.165, 1.54) is 0 Å². The number of fused-ring (bicyclic) bond motifs is 2. The third-order valence-electron chi connectivity index (χ3n) is 7.42. The van der Waals surface area contributed by atoms with Crippen molar-refractivity contribution in [1.82, 2.24) is 9.80 Å². The van der Waals surface area contributed by atoms with E-state index in [1.807, 2.05) is 24.0 Å². The second-order valence-electron chi connectivity index (χ2n) is 9.71. The minimum atomic E-state index is -0.832. The van der Waals surface area contributed by atoms with Gasteiger partial charge < -0.3 is 19.6 Å². The van der Waals surface area contributed by atoms with Crippen molar-refractivity contribution in [2.75, 3.05) is 32.8 Å². The van der Waals surface area contributed by atoms with Crippen LogP contribution >= 0.6 is 11.8 Å². The predicted octanol–water partition coefficient (Wildman–Crippen LogP) is 2.54. The highest BCUT2D eigenvalue weighted by Crippen LogP contribution is 2.65. The third-order valence-corrected chi connectivity index (χ3v) is 9.22. The zero-order valence-electron chi connectivity index (χ0n) is 19.7. The lowest BCUT2D eigenvalue weighted by molar-refractivity contribution is -0.154. The number of hydrogen-bond acceptors (Lipinski definition) is 6. The highest BCUT2D eigenvalue weighted by molar-refractivity contribution is 8.02. The predicted molar refractivity (Wildman–Crippen MR) is 127 cm³/mol. The van der Waals surface area contributed by atoms with Crippen molar-refractivity contribution in [1.29, 1.82) is 0 Å². The topological polar surface area (TPSA) is 87.2 Å². The van der Waals surface area contributed by atoms with Crippen LogP contribution in [0.1, 0.15) is 52.4 Å². The zero-order valence-corrected chi connectivity index (χ0v) is 20.5. The molecule has 2 saturated heterocycles. The molecule has 0 radical (unpaired) electrons. The van der Waals surface area contributed by atoms with Crippen LogP contribution in [0.3, 0.4) is 0 Å². The summed E-state index contributed by atoms with van der Waals surface area (Å²) in [6.45, 7) is 5.85. The molecule has 0 aromatic carbocycles. The van der Waals surface area contributed by atoms with Crippen molar-refractivity contribution in [3.8, 4) is 0 Å². The van der Waals surface area contributed by atoms with E-state index in [4.69, 9.17) is 4.74 Å². The number of cyclic esters (lactones) is 1. The van der Waals surface area contributed by atoms with E-state index in [1.54, 1.807) is 16.7 Å². The number of thioether (sulfide) groups is 1. The first-order valence-corrected chi connectivity index (χ1v) is 13.1. The molecule has 182 valence electrons. The Labute approximate surface area is 200 Å². The molecule has 4 rings (SSSR count). The molecule has 1 N–H and O–H groups in total. The molecule has 4 aliphatic rings. The van der Waals surface area contributed by atoms with E-state index in [0.717, 1.165) is 32.1 Å². The van der Waals surface area contributed by atoms with Gasteiger partial charge in [0.1, 0.15) is 6.04 Å². The monoisotopic (exact) mass is 476 g/mol. The van der Waals surface area contributed by atoms with Gasteiger partial charge in [0.15, 0.2) is 0 Å². The van der Waals surface area contributed by atoms with Gasteiger partial charge >= 0.3 is 5.97 Å². The van der Waals surface area contributed by atoms with Gasteiger partial charge in [-0.2, -0.15) is 0 Å². The van der Waals surface area contributed by atoms with Crippen LogP contribution in [0.2, 0.25) is 0 Å². The number of ether oxygens (including phenoxy) is 1. The van der Waals surface area contributed by atoms with Gasteiger partial charge in [0, 0.05) is 31.0 Å². The minimum absolute atomic E-state index is 0.0561. The highest BCUT2D eigenvalue weighted by atomic mass is 32.2. The number of esters is 1. The van der Waals surface area contributed by atoms with E-state index < -0.39 is 27.4 Å². The van der Waals surface area contributed by atoms with Crippen LogP contribution in [-0.2, 0) is 19.1 Å². The Morgan fingerprint density at radius 1 is 1.09 bits per heavy atom. The molecule has 33 heavy (non-hydrogen) atoms. The second kappa shape index (κ2) is 9.82. The third kappa shape index (κ3) is 4.14. The van der Waals surface area contributed by atoms with Crippen molar-refractivity contribution < 1.29 is 24.2 Å². The first-order valence-electron chi connectivity index (χ1n) is 12.3. The van der Waals surface area contributed by atoms with Crippen LogP contribution in [0, 0.1) is 11.8 Å². The normalized spacial score (nSPS) is 37.3. The number of aliphatic hydroxyl groups is 1. The molecule has 8 heteroatoms. The van der Waals surface area contributed by atoms with Gasteiger partial charge in [-0.1, -0.05) is 37.6 Å².